The van der Waals surface area contributed by atoms with Crippen molar-refractivity contribution in [3.63, 3.8) is 0 Å². The van der Waals surface area contributed by atoms with Gasteiger partial charge in [-0.2, -0.15) is 0 Å². The summed E-state index contributed by atoms with van der Waals surface area (Å²) in [5.74, 6) is 0. The quantitative estimate of drug-likeness (QED) is 0.835. The van der Waals surface area contributed by atoms with Crippen molar-refractivity contribution in [1.82, 2.24) is 0 Å². The zero-order valence-electron chi connectivity index (χ0n) is 12.0. The van der Waals surface area contributed by atoms with Crippen LogP contribution >= 0.6 is 0 Å². The molecule has 96 valence electrons. The van der Waals surface area contributed by atoms with Gasteiger partial charge in [-0.05, 0) is 49.7 Å². The highest BCUT2D eigenvalue weighted by atomic mass is 14.7. The molecule has 2 N–H and O–H groups in total. The van der Waals surface area contributed by atoms with Crippen LogP contribution in [0.5, 0.6) is 0 Å². The van der Waals surface area contributed by atoms with E-state index in [0.717, 1.165) is 12.8 Å². The van der Waals surface area contributed by atoms with Crippen molar-refractivity contribution < 1.29 is 0 Å². The number of aryl methyl sites for hydroxylation is 3. The Bertz CT molecular complexity index is 360. The van der Waals surface area contributed by atoms with E-state index in [1.807, 2.05) is 0 Å². The van der Waals surface area contributed by atoms with E-state index in [-0.39, 0.29) is 5.41 Å². The van der Waals surface area contributed by atoms with E-state index < -0.39 is 0 Å². The first-order chi connectivity index (χ1) is 7.80. The van der Waals surface area contributed by atoms with Crippen LogP contribution in [0.2, 0.25) is 0 Å². The van der Waals surface area contributed by atoms with Crippen LogP contribution in [-0.2, 0) is 6.42 Å². The van der Waals surface area contributed by atoms with Crippen LogP contribution < -0.4 is 5.73 Å². The van der Waals surface area contributed by atoms with Crippen molar-refractivity contribution >= 4 is 0 Å². The number of hydrogen-bond acceptors (Lipinski definition) is 1. The molecule has 0 aliphatic rings. The summed E-state index contributed by atoms with van der Waals surface area (Å²) >= 11 is 0. The third-order valence-corrected chi connectivity index (χ3v) is 3.58. The maximum Gasteiger partial charge on any atom is 0.00877 e. The Balaban J connectivity index is 2.49. The van der Waals surface area contributed by atoms with Crippen LogP contribution in [0.1, 0.15) is 50.3 Å². The van der Waals surface area contributed by atoms with Crippen LogP contribution in [0.25, 0.3) is 0 Å². The summed E-state index contributed by atoms with van der Waals surface area (Å²) < 4.78 is 0. The molecule has 17 heavy (non-hydrogen) atoms. The Morgan fingerprint density at radius 1 is 1.18 bits per heavy atom. The second-order valence-electron chi connectivity index (χ2n) is 6.29. The summed E-state index contributed by atoms with van der Waals surface area (Å²) in [6.45, 7) is 11.0. The summed E-state index contributed by atoms with van der Waals surface area (Å²) in [5, 5.41) is 0. The molecular weight excluding hydrogens is 206 g/mol. The lowest BCUT2D eigenvalue weighted by atomic mass is 9.84. The minimum atomic E-state index is 0.224. The third kappa shape index (κ3) is 4.51. The van der Waals surface area contributed by atoms with Gasteiger partial charge in [0.2, 0.25) is 0 Å². The molecule has 1 aromatic rings. The average Bonchev–Trinajstić information content (AvgIpc) is 2.21. The van der Waals surface area contributed by atoms with Gasteiger partial charge in [-0.3, -0.25) is 0 Å². The topological polar surface area (TPSA) is 26.0 Å². The van der Waals surface area contributed by atoms with Gasteiger partial charge in [0.15, 0.2) is 0 Å². The molecule has 0 aliphatic heterocycles. The first-order valence-electron chi connectivity index (χ1n) is 6.62. The van der Waals surface area contributed by atoms with Gasteiger partial charge in [0.25, 0.3) is 0 Å². The van der Waals surface area contributed by atoms with Crippen molar-refractivity contribution in [2.75, 3.05) is 0 Å². The first-order valence-corrected chi connectivity index (χ1v) is 6.62. The fourth-order valence-electron chi connectivity index (χ4n) is 2.02. The van der Waals surface area contributed by atoms with E-state index in [4.69, 9.17) is 5.73 Å². The van der Waals surface area contributed by atoms with E-state index in [1.165, 1.54) is 23.1 Å². The summed E-state index contributed by atoms with van der Waals surface area (Å²) in [6.07, 6.45) is 3.44. The minimum absolute atomic E-state index is 0.224. The molecule has 0 heterocycles. The Kier molecular flexibility index (Phi) is 4.76. The van der Waals surface area contributed by atoms with Gasteiger partial charge >= 0.3 is 0 Å². The van der Waals surface area contributed by atoms with Gasteiger partial charge in [0.05, 0.1) is 0 Å². The summed E-state index contributed by atoms with van der Waals surface area (Å²) in [6, 6.07) is 7.00. The smallest absolute Gasteiger partial charge is 0.00877 e. The van der Waals surface area contributed by atoms with Crippen LogP contribution in [-0.4, -0.2) is 6.04 Å². The predicted octanol–water partition coefficient (Wildman–Crippen LogP) is 4.00. The number of rotatable bonds is 4. The van der Waals surface area contributed by atoms with Gasteiger partial charge < -0.3 is 5.73 Å². The molecule has 1 nitrogen and oxygen atoms in total. The normalized spacial score (nSPS) is 13.8. The Morgan fingerprint density at radius 2 is 1.82 bits per heavy atom. The second kappa shape index (κ2) is 5.68. The van der Waals surface area contributed by atoms with E-state index >= 15 is 0 Å². The fourth-order valence-corrected chi connectivity index (χ4v) is 2.02. The zero-order valence-corrected chi connectivity index (χ0v) is 12.0. The van der Waals surface area contributed by atoms with Crippen LogP contribution in [0.15, 0.2) is 18.2 Å². The molecule has 1 aromatic carbocycles. The highest BCUT2D eigenvalue weighted by Crippen LogP contribution is 2.22. The largest absolute Gasteiger partial charge is 0.327 e. The lowest BCUT2D eigenvalue weighted by Gasteiger charge is -2.27. The molecular formula is C16H27N. The van der Waals surface area contributed by atoms with Crippen molar-refractivity contribution in [2.45, 2.75) is 59.9 Å². The fraction of sp³-hybridized carbons (Fsp3) is 0.625. The van der Waals surface area contributed by atoms with Crippen molar-refractivity contribution in [2.24, 2.45) is 11.1 Å². The maximum atomic E-state index is 6.18. The van der Waals surface area contributed by atoms with Gasteiger partial charge in [0, 0.05) is 6.04 Å². The molecule has 0 saturated carbocycles. The van der Waals surface area contributed by atoms with Crippen LogP contribution in [0, 0.1) is 19.3 Å². The molecule has 0 bridgehead atoms. The molecule has 0 aliphatic carbocycles. The van der Waals surface area contributed by atoms with Gasteiger partial charge in [0.1, 0.15) is 0 Å². The Morgan fingerprint density at radius 3 is 2.41 bits per heavy atom. The molecule has 1 unspecified atom stereocenters. The molecule has 1 rings (SSSR count). The van der Waals surface area contributed by atoms with Crippen molar-refractivity contribution in [3.05, 3.63) is 34.9 Å². The van der Waals surface area contributed by atoms with E-state index in [1.54, 1.807) is 0 Å². The van der Waals surface area contributed by atoms with Crippen molar-refractivity contribution in [3.8, 4) is 0 Å². The first kappa shape index (κ1) is 14.2. The predicted molar refractivity (Wildman–Crippen MR) is 76.3 cm³/mol. The number of hydrogen-bond donors (Lipinski definition) is 1. The van der Waals surface area contributed by atoms with Gasteiger partial charge in [-0.1, -0.05) is 44.5 Å². The standard InChI is InChI=1S/C16H27N/c1-12-9-10-13(2)14(11-12)7-6-8-15(17)16(3,4)5/h9-11,15H,6-8,17H2,1-5H3. The maximum absolute atomic E-state index is 6.18. The molecule has 1 atom stereocenters. The van der Waals surface area contributed by atoms with Crippen LogP contribution in [0.4, 0.5) is 0 Å². The highest BCUT2D eigenvalue weighted by molar-refractivity contribution is 5.30. The molecule has 1 heteroatoms. The summed E-state index contributed by atoms with van der Waals surface area (Å²) in [5.41, 5.74) is 10.6. The van der Waals surface area contributed by atoms with E-state index in [2.05, 4.69) is 52.8 Å². The summed E-state index contributed by atoms with van der Waals surface area (Å²) in [7, 11) is 0. The SMILES string of the molecule is Cc1ccc(C)c(CCCC(N)C(C)(C)C)c1. The monoisotopic (exact) mass is 233 g/mol. The zero-order chi connectivity index (χ0) is 13.1. The minimum Gasteiger partial charge on any atom is -0.327 e. The van der Waals surface area contributed by atoms with Gasteiger partial charge in [-0.15, -0.1) is 0 Å². The molecule has 0 fully saturated rings. The molecule has 0 amide bonds. The number of nitrogens with two attached hydrogens (primary N) is 1. The lowest BCUT2D eigenvalue weighted by molar-refractivity contribution is 0.301. The molecule has 0 saturated heterocycles. The van der Waals surface area contributed by atoms with Gasteiger partial charge in [-0.25, -0.2) is 0 Å². The van der Waals surface area contributed by atoms with Crippen LogP contribution in [0.3, 0.4) is 0 Å². The Labute approximate surface area is 106 Å². The highest BCUT2D eigenvalue weighted by Gasteiger charge is 2.19. The van der Waals surface area contributed by atoms with E-state index in [9.17, 15) is 0 Å². The third-order valence-electron chi connectivity index (χ3n) is 3.58. The number of benzene rings is 1. The van der Waals surface area contributed by atoms with E-state index in [0.29, 0.717) is 6.04 Å². The average molecular weight is 233 g/mol. The molecule has 0 spiro atoms. The second-order valence-corrected chi connectivity index (χ2v) is 6.29. The molecule has 0 aromatic heterocycles. The molecule has 0 radical (unpaired) electrons. The lowest BCUT2D eigenvalue weighted by Crippen LogP contribution is -2.34. The summed E-state index contributed by atoms with van der Waals surface area (Å²) in [4.78, 5) is 0. The Hall–Kier alpha value is -0.820. The van der Waals surface area contributed by atoms with Crippen molar-refractivity contribution in [1.29, 1.82) is 0 Å².